The molecule has 0 amide bonds. The van der Waals surface area contributed by atoms with E-state index in [0.29, 0.717) is 10.6 Å². The maximum atomic E-state index is 8.78. The Morgan fingerprint density at radius 2 is 1.85 bits per heavy atom. The van der Waals surface area contributed by atoms with Crippen molar-refractivity contribution in [2.24, 2.45) is 0 Å². The summed E-state index contributed by atoms with van der Waals surface area (Å²) in [5.74, 6) is 0. The van der Waals surface area contributed by atoms with E-state index in [-0.39, 0.29) is 11.1 Å². The molecule has 0 heterocycles. The second-order valence-electron chi connectivity index (χ2n) is 2.31. The van der Waals surface area contributed by atoms with Gasteiger partial charge in [-0.25, -0.2) is 0 Å². The third kappa shape index (κ3) is 1.54. The fraction of sp³-hybridized carbons (Fsp3) is 0. The van der Waals surface area contributed by atoms with Gasteiger partial charge in [0.15, 0.2) is 0 Å². The second kappa shape index (κ2) is 3.76. The summed E-state index contributed by atoms with van der Waals surface area (Å²) in [6, 6.07) is 7.06. The Morgan fingerprint density at radius 3 is 2.31 bits per heavy atom. The minimum absolute atomic E-state index is 0.210. The zero-order chi connectivity index (χ0) is 9.84. The highest BCUT2D eigenvalue weighted by Crippen LogP contribution is 2.22. The number of halogens is 1. The Balaban J connectivity index is 3.59. The highest BCUT2D eigenvalue weighted by atomic mass is 35.5. The maximum absolute atomic E-state index is 8.78. The van der Waals surface area contributed by atoms with Gasteiger partial charge in [-0.05, 0) is 11.6 Å². The van der Waals surface area contributed by atoms with E-state index in [9.17, 15) is 0 Å². The van der Waals surface area contributed by atoms with Gasteiger partial charge in [0, 0.05) is 0 Å². The fourth-order valence-corrected chi connectivity index (χ4v) is 1.19. The minimum Gasteiger partial charge on any atom is -0.192 e. The Bertz CT molecular complexity index is 435. The van der Waals surface area contributed by atoms with Crippen molar-refractivity contribution in [1.82, 2.24) is 0 Å². The lowest BCUT2D eigenvalue weighted by Crippen LogP contribution is -1.89. The van der Waals surface area contributed by atoms with Crippen LogP contribution in [-0.4, -0.2) is 0 Å². The summed E-state index contributed by atoms with van der Waals surface area (Å²) in [6.07, 6.45) is 1.52. The molecule has 62 valence electrons. The van der Waals surface area contributed by atoms with E-state index in [4.69, 9.17) is 22.1 Å². The number of benzene rings is 1. The zero-order valence-corrected chi connectivity index (χ0v) is 7.47. The van der Waals surface area contributed by atoms with E-state index in [1.165, 1.54) is 6.08 Å². The van der Waals surface area contributed by atoms with Crippen LogP contribution in [0.25, 0.3) is 6.08 Å². The maximum Gasteiger partial charge on any atom is 0.102 e. The van der Waals surface area contributed by atoms with Gasteiger partial charge in [-0.15, -0.1) is 0 Å². The third-order valence-electron chi connectivity index (χ3n) is 1.63. The van der Waals surface area contributed by atoms with E-state index in [2.05, 4.69) is 6.58 Å². The van der Waals surface area contributed by atoms with E-state index < -0.39 is 0 Å². The molecular weight excluding hydrogens is 184 g/mol. The van der Waals surface area contributed by atoms with Crippen molar-refractivity contribution in [2.75, 3.05) is 0 Å². The molecule has 13 heavy (non-hydrogen) atoms. The lowest BCUT2D eigenvalue weighted by atomic mass is 10.0. The number of rotatable bonds is 1. The van der Waals surface area contributed by atoms with Crippen LogP contribution in [0.5, 0.6) is 0 Å². The van der Waals surface area contributed by atoms with Gasteiger partial charge in [-0.3, -0.25) is 0 Å². The Kier molecular flexibility index (Phi) is 2.69. The van der Waals surface area contributed by atoms with Crippen molar-refractivity contribution in [1.29, 1.82) is 10.5 Å². The summed E-state index contributed by atoms with van der Waals surface area (Å²) in [6.45, 7) is 3.54. The first-order valence-electron chi connectivity index (χ1n) is 3.49. The summed E-state index contributed by atoms with van der Waals surface area (Å²) in [4.78, 5) is 0. The van der Waals surface area contributed by atoms with Crippen LogP contribution in [0, 0.1) is 22.7 Å². The SMILES string of the molecule is C=Cc1ccc(Cl)c(C#N)c1C#N. The van der Waals surface area contributed by atoms with Crippen LogP contribution < -0.4 is 0 Å². The van der Waals surface area contributed by atoms with Gasteiger partial charge < -0.3 is 0 Å². The molecule has 0 radical (unpaired) electrons. The van der Waals surface area contributed by atoms with Crippen LogP contribution in [0.1, 0.15) is 16.7 Å². The molecular formula is C10H5ClN2. The van der Waals surface area contributed by atoms with Crippen LogP contribution >= 0.6 is 11.6 Å². The van der Waals surface area contributed by atoms with Crippen molar-refractivity contribution in [3.05, 3.63) is 40.4 Å². The van der Waals surface area contributed by atoms with E-state index >= 15 is 0 Å². The summed E-state index contributed by atoms with van der Waals surface area (Å²) in [5, 5.41) is 17.8. The Morgan fingerprint density at radius 1 is 1.23 bits per heavy atom. The summed E-state index contributed by atoms with van der Waals surface area (Å²) in [7, 11) is 0. The molecule has 3 heteroatoms. The minimum atomic E-state index is 0.210. The molecule has 0 fully saturated rings. The molecule has 1 aromatic carbocycles. The molecule has 0 bridgehead atoms. The van der Waals surface area contributed by atoms with Crippen LogP contribution in [0.3, 0.4) is 0 Å². The molecule has 1 aromatic rings. The quantitative estimate of drug-likeness (QED) is 0.680. The molecule has 0 aliphatic rings. The largest absolute Gasteiger partial charge is 0.192 e. The Labute approximate surface area is 81.3 Å². The van der Waals surface area contributed by atoms with E-state index in [1.54, 1.807) is 12.1 Å². The van der Waals surface area contributed by atoms with Crippen LogP contribution in [0.2, 0.25) is 5.02 Å². The van der Waals surface area contributed by atoms with Gasteiger partial charge in [0.2, 0.25) is 0 Å². The molecule has 0 atom stereocenters. The first-order valence-corrected chi connectivity index (χ1v) is 3.87. The van der Waals surface area contributed by atoms with E-state index in [1.807, 2.05) is 12.1 Å². The number of hydrogen-bond acceptors (Lipinski definition) is 2. The van der Waals surface area contributed by atoms with Crippen molar-refractivity contribution in [3.8, 4) is 12.1 Å². The zero-order valence-electron chi connectivity index (χ0n) is 6.71. The van der Waals surface area contributed by atoms with Crippen LogP contribution in [-0.2, 0) is 0 Å². The Hall–Kier alpha value is -1.77. The highest BCUT2D eigenvalue weighted by molar-refractivity contribution is 6.32. The average molecular weight is 189 g/mol. The van der Waals surface area contributed by atoms with Crippen LogP contribution in [0.15, 0.2) is 18.7 Å². The lowest BCUT2D eigenvalue weighted by molar-refractivity contribution is 1.42. The highest BCUT2D eigenvalue weighted by Gasteiger charge is 2.09. The van der Waals surface area contributed by atoms with Gasteiger partial charge in [0.05, 0.1) is 16.1 Å². The molecule has 0 aliphatic heterocycles. The number of hydrogen-bond donors (Lipinski definition) is 0. The standard InChI is InChI=1S/C10H5ClN2/c1-2-7-3-4-10(11)9(6-13)8(7)5-12/h2-4H,1H2. The molecule has 0 aromatic heterocycles. The molecule has 0 N–H and O–H groups in total. The third-order valence-corrected chi connectivity index (χ3v) is 1.95. The summed E-state index contributed by atoms with van der Waals surface area (Å²) < 4.78 is 0. The number of nitrogens with zero attached hydrogens (tertiary/aromatic N) is 2. The molecule has 1 rings (SSSR count). The molecule has 0 spiro atoms. The van der Waals surface area contributed by atoms with Crippen molar-refractivity contribution >= 4 is 17.7 Å². The van der Waals surface area contributed by atoms with Gasteiger partial charge in [0.25, 0.3) is 0 Å². The van der Waals surface area contributed by atoms with Gasteiger partial charge >= 0.3 is 0 Å². The van der Waals surface area contributed by atoms with Crippen molar-refractivity contribution in [2.45, 2.75) is 0 Å². The van der Waals surface area contributed by atoms with Gasteiger partial charge in [-0.2, -0.15) is 10.5 Å². The smallest absolute Gasteiger partial charge is 0.102 e. The normalized spacial score (nSPS) is 8.54. The first kappa shape index (κ1) is 9.32. The van der Waals surface area contributed by atoms with Crippen molar-refractivity contribution in [3.63, 3.8) is 0 Å². The van der Waals surface area contributed by atoms with Gasteiger partial charge in [-0.1, -0.05) is 30.3 Å². The van der Waals surface area contributed by atoms with Gasteiger partial charge in [0.1, 0.15) is 12.1 Å². The van der Waals surface area contributed by atoms with E-state index in [0.717, 1.165) is 0 Å². The lowest BCUT2D eigenvalue weighted by Gasteiger charge is -2.00. The first-order chi connectivity index (χ1) is 6.24. The molecule has 2 nitrogen and oxygen atoms in total. The second-order valence-corrected chi connectivity index (χ2v) is 2.72. The molecule has 0 saturated heterocycles. The molecule has 0 saturated carbocycles. The monoisotopic (exact) mass is 188 g/mol. The predicted molar refractivity (Wildman–Crippen MR) is 51.0 cm³/mol. The van der Waals surface area contributed by atoms with Crippen molar-refractivity contribution < 1.29 is 0 Å². The average Bonchev–Trinajstić information content (AvgIpc) is 2.17. The summed E-state index contributed by atoms with van der Waals surface area (Å²) in [5.41, 5.74) is 1.12. The number of nitriles is 2. The predicted octanol–water partition coefficient (Wildman–Crippen LogP) is 2.73. The van der Waals surface area contributed by atoms with Crippen LogP contribution in [0.4, 0.5) is 0 Å². The fourth-order valence-electron chi connectivity index (χ4n) is 0.993. The molecule has 0 unspecified atom stereocenters. The topological polar surface area (TPSA) is 47.6 Å². The molecule has 0 aliphatic carbocycles. The summed E-state index contributed by atoms with van der Waals surface area (Å²) >= 11 is 5.73.